The molecule has 0 saturated heterocycles. The minimum atomic E-state index is -0.108. The Morgan fingerprint density at radius 2 is 2.00 bits per heavy atom. The van der Waals surface area contributed by atoms with Crippen molar-refractivity contribution in [2.24, 2.45) is 5.73 Å². The molecule has 3 N–H and O–H groups in total. The number of aliphatic hydroxyl groups excluding tert-OH is 1. The molecule has 78 valence electrons. The van der Waals surface area contributed by atoms with E-state index in [1.54, 1.807) is 0 Å². The molecule has 0 aromatic carbocycles. The Labute approximate surface area is 80.3 Å². The summed E-state index contributed by atoms with van der Waals surface area (Å²) in [5, 5.41) is 8.69. The maximum atomic E-state index is 8.69. The van der Waals surface area contributed by atoms with Gasteiger partial charge in [0.2, 0.25) is 0 Å². The Morgan fingerprint density at radius 3 is 2.62 bits per heavy atom. The van der Waals surface area contributed by atoms with E-state index in [1.165, 1.54) is 32.1 Å². The zero-order valence-corrected chi connectivity index (χ0v) is 8.24. The standard InChI is InChI=1S/C10H21NO2/c11-9(8-12)6-7-13-10-4-2-1-3-5-10/h9-10,12H,1-8,11H2. The molecule has 1 aliphatic carbocycles. The molecule has 0 heterocycles. The quantitative estimate of drug-likeness (QED) is 0.676. The topological polar surface area (TPSA) is 55.5 Å². The zero-order chi connectivity index (χ0) is 9.52. The summed E-state index contributed by atoms with van der Waals surface area (Å²) in [6.07, 6.45) is 7.60. The SMILES string of the molecule is NC(CO)CCOC1CCCCC1. The summed E-state index contributed by atoms with van der Waals surface area (Å²) in [5.41, 5.74) is 5.56. The maximum Gasteiger partial charge on any atom is 0.0583 e. The zero-order valence-electron chi connectivity index (χ0n) is 8.24. The van der Waals surface area contributed by atoms with Gasteiger partial charge in [-0.2, -0.15) is 0 Å². The molecule has 0 aromatic rings. The van der Waals surface area contributed by atoms with Crippen LogP contribution in [0.15, 0.2) is 0 Å². The molecule has 0 aromatic heterocycles. The molecule has 1 fully saturated rings. The van der Waals surface area contributed by atoms with Gasteiger partial charge in [-0.05, 0) is 19.3 Å². The van der Waals surface area contributed by atoms with Crippen molar-refractivity contribution in [3.63, 3.8) is 0 Å². The van der Waals surface area contributed by atoms with E-state index in [0.29, 0.717) is 12.7 Å². The molecular weight excluding hydrogens is 166 g/mol. The third-order valence-corrected chi connectivity index (χ3v) is 2.63. The van der Waals surface area contributed by atoms with Crippen LogP contribution in [0.3, 0.4) is 0 Å². The second-order valence-corrected chi connectivity index (χ2v) is 3.86. The van der Waals surface area contributed by atoms with Crippen molar-refractivity contribution < 1.29 is 9.84 Å². The molecule has 3 heteroatoms. The van der Waals surface area contributed by atoms with Gasteiger partial charge in [0.15, 0.2) is 0 Å². The summed E-state index contributed by atoms with van der Waals surface area (Å²) in [4.78, 5) is 0. The smallest absolute Gasteiger partial charge is 0.0583 e. The van der Waals surface area contributed by atoms with Crippen LogP contribution in [0.5, 0.6) is 0 Å². The van der Waals surface area contributed by atoms with Gasteiger partial charge in [0.25, 0.3) is 0 Å². The fourth-order valence-electron chi connectivity index (χ4n) is 1.71. The summed E-state index contributed by atoms with van der Waals surface area (Å²) in [5.74, 6) is 0. The molecular formula is C10H21NO2. The summed E-state index contributed by atoms with van der Waals surface area (Å²) in [6, 6.07) is -0.108. The van der Waals surface area contributed by atoms with Crippen LogP contribution < -0.4 is 5.73 Å². The van der Waals surface area contributed by atoms with Gasteiger partial charge >= 0.3 is 0 Å². The number of aliphatic hydroxyl groups is 1. The molecule has 0 amide bonds. The molecule has 0 radical (unpaired) electrons. The first-order valence-corrected chi connectivity index (χ1v) is 5.31. The van der Waals surface area contributed by atoms with Gasteiger partial charge in [0.05, 0.1) is 12.7 Å². The molecule has 13 heavy (non-hydrogen) atoms. The van der Waals surface area contributed by atoms with E-state index in [4.69, 9.17) is 15.6 Å². The van der Waals surface area contributed by atoms with E-state index in [9.17, 15) is 0 Å². The highest BCUT2D eigenvalue weighted by atomic mass is 16.5. The second-order valence-electron chi connectivity index (χ2n) is 3.86. The minimum absolute atomic E-state index is 0.0635. The van der Waals surface area contributed by atoms with Crippen LogP contribution in [0, 0.1) is 0 Å². The van der Waals surface area contributed by atoms with Crippen LogP contribution in [0.1, 0.15) is 38.5 Å². The molecule has 1 unspecified atom stereocenters. The monoisotopic (exact) mass is 187 g/mol. The van der Waals surface area contributed by atoms with Crippen molar-refractivity contribution in [1.29, 1.82) is 0 Å². The van der Waals surface area contributed by atoms with E-state index >= 15 is 0 Å². The predicted octanol–water partition coefficient (Wildman–Crippen LogP) is 1.05. The third kappa shape index (κ3) is 4.60. The Hall–Kier alpha value is -0.120. The van der Waals surface area contributed by atoms with E-state index in [0.717, 1.165) is 6.42 Å². The average molecular weight is 187 g/mol. The lowest BCUT2D eigenvalue weighted by Crippen LogP contribution is -2.27. The number of hydrogen-bond acceptors (Lipinski definition) is 3. The van der Waals surface area contributed by atoms with E-state index < -0.39 is 0 Å². The van der Waals surface area contributed by atoms with Gasteiger partial charge in [-0.15, -0.1) is 0 Å². The lowest BCUT2D eigenvalue weighted by Gasteiger charge is -2.22. The summed E-state index contributed by atoms with van der Waals surface area (Å²) in [7, 11) is 0. The number of ether oxygens (including phenoxy) is 1. The van der Waals surface area contributed by atoms with Crippen molar-refractivity contribution >= 4 is 0 Å². The third-order valence-electron chi connectivity index (χ3n) is 2.63. The average Bonchev–Trinajstić information content (AvgIpc) is 2.19. The fraction of sp³-hybridized carbons (Fsp3) is 1.00. The number of rotatable bonds is 5. The highest BCUT2D eigenvalue weighted by Gasteiger charge is 2.13. The van der Waals surface area contributed by atoms with Crippen LogP contribution in [0.25, 0.3) is 0 Å². The lowest BCUT2D eigenvalue weighted by molar-refractivity contribution is 0.0227. The van der Waals surface area contributed by atoms with Gasteiger partial charge in [0, 0.05) is 12.6 Å². The summed E-state index contributed by atoms with van der Waals surface area (Å²) >= 11 is 0. The van der Waals surface area contributed by atoms with Crippen molar-refractivity contribution in [3.8, 4) is 0 Å². The Bertz CT molecular complexity index is 124. The van der Waals surface area contributed by atoms with Crippen LogP contribution in [0.2, 0.25) is 0 Å². The Kier molecular flexibility index (Phi) is 5.35. The molecule has 1 saturated carbocycles. The normalized spacial score (nSPS) is 21.7. The first kappa shape index (κ1) is 11.0. The fourth-order valence-corrected chi connectivity index (χ4v) is 1.71. The van der Waals surface area contributed by atoms with Crippen LogP contribution in [-0.4, -0.2) is 30.5 Å². The first-order valence-electron chi connectivity index (χ1n) is 5.31. The molecule has 0 spiro atoms. The Balaban J connectivity index is 1.98. The molecule has 0 bridgehead atoms. The predicted molar refractivity (Wildman–Crippen MR) is 52.5 cm³/mol. The van der Waals surface area contributed by atoms with Crippen LogP contribution >= 0.6 is 0 Å². The van der Waals surface area contributed by atoms with Gasteiger partial charge < -0.3 is 15.6 Å². The van der Waals surface area contributed by atoms with Crippen molar-refractivity contribution in [2.75, 3.05) is 13.2 Å². The highest BCUT2D eigenvalue weighted by molar-refractivity contribution is 4.66. The highest BCUT2D eigenvalue weighted by Crippen LogP contribution is 2.20. The maximum absolute atomic E-state index is 8.69. The van der Waals surface area contributed by atoms with E-state index in [1.807, 2.05) is 0 Å². The summed E-state index contributed by atoms with van der Waals surface area (Å²) < 4.78 is 5.66. The van der Waals surface area contributed by atoms with Crippen molar-refractivity contribution in [2.45, 2.75) is 50.7 Å². The second kappa shape index (κ2) is 6.35. The van der Waals surface area contributed by atoms with Crippen LogP contribution in [-0.2, 0) is 4.74 Å². The first-order chi connectivity index (χ1) is 6.33. The van der Waals surface area contributed by atoms with Gasteiger partial charge in [-0.25, -0.2) is 0 Å². The number of nitrogens with two attached hydrogens (primary N) is 1. The summed E-state index contributed by atoms with van der Waals surface area (Å²) in [6.45, 7) is 0.764. The van der Waals surface area contributed by atoms with Crippen LogP contribution in [0.4, 0.5) is 0 Å². The lowest BCUT2D eigenvalue weighted by atomic mass is 9.98. The van der Waals surface area contributed by atoms with Gasteiger partial charge in [-0.1, -0.05) is 19.3 Å². The van der Waals surface area contributed by atoms with E-state index in [-0.39, 0.29) is 12.6 Å². The molecule has 3 nitrogen and oxygen atoms in total. The van der Waals surface area contributed by atoms with Crippen molar-refractivity contribution in [1.82, 2.24) is 0 Å². The molecule has 1 aliphatic rings. The number of hydrogen-bond donors (Lipinski definition) is 2. The van der Waals surface area contributed by atoms with Gasteiger partial charge in [-0.3, -0.25) is 0 Å². The van der Waals surface area contributed by atoms with Crippen molar-refractivity contribution in [3.05, 3.63) is 0 Å². The largest absolute Gasteiger partial charge is 0.395 e. The molecule has 0 aliphatic heterocycles. The van der Waals surface area contributed by atoms with Gasteiger partial charge in [0.1, 0.15) is 0 Å². The minimum Gasteiger partial charge on any atom is -0.395 e. The molecule has 1 rings (SSSR count). The molecule has 1 atom stereocenters. The van der Waals surface area contributed by atoms with E-state index in [2.05, 4.69) is 0 Å². The Morgan fingerprint density at radius 1 is 1.31 bits per heavy atom.